The quantitative estimate of drug-likeness (QED) is 0.839. The van der Waals surface area contributed by atoms with Crippen LogP contribution in [0.5, 0.6) is 5.75 Å². The first-order chi connectivity index (χ1) is 11.7. The third-order valence-electron chi connectivity index (χ3n) is 3.68. The highest BCUT2D eigenvalue weighted by Gasteiger charge is 2.16. The van der Waals surface area contributed by atoms with E-state index in [4.69, 9.17) is 0 Å². The average Bonchev–Trinajstić information content (AvgIpc) is 2.55. The van der Waals surface area contributed by atoms with Crippen LogP contribution in [0.25, 0.3) is 6.08 Å². The number of hydrogen-bond acceptors (Lipinski definition) is 3. The van der Waals surface area contributed by atoms with E-state index in [0.29, 0.717) is 11.1 Å². The van der Waals surface area contributed by atoms with E-state index in [1.165, 1.54) is 30.3 Å². The fourth-order valence-electron chi connectivity index (χ4n) is 2.20. The molecule has 2 N–H and O–H groups in total. The lowest BCUT2D eigenvalue weighted by Crippen LogP contribution is -2.27. The van der Waals surface area contributed by atoms with Gasteiger partial charge in [0.15, 0.2) is 0 Å². The summed E-state index contributed by atoms with van der Waals surface area (Å²) < 4.78 is 0. The van der Waals surface area contributed by atoms with Crippen LogP contribution in [0.4, 0.5) is 0 Å². The first-order valence-corrected chi connectivity index (χ1v) is 7.81. The maximum Gasteiger partial charge on any atom is 0.352 e. The molecule has 0 saturated carbocycles. The molecule has 0 saturated heterocycles. The average molecular weight is 338 g/mol. The van der Waals surface area contributed by atoms with E-state index >= 15 is 0 Å². The highest BCUT2D eigenvalue weighted by atomic mass is 16.4. The normalized spacial score (nSPS) is 11.9. The lowest BCUT2D eigenvalue weighted by atomic mass is 9.87. The second-order valence-corrected chi connectivity index (χ2v) is 6.71. The molecule has 0 atom stereocenters. The van der Waals surface area contributed by atoms with Gasteiger partial charge in [0.2, 0.25) is 0 Å². The number of rotatable bonds is 4. The Balaban J connectivity index is 2.20. The van der Waals surface area contributed by atoms with Gasteiger partial charge in [-0.15, -0.1) is 5.75 Å². The van der Waals surface area contributed by atoms with Crippen LogP contribution in [0.15, 0.2) is 54.2 Å². The Morgan fingerprint density at radius 3 is 2.04 bits per heavy atom. The van der Waals surface area contributed by atoms with Crippen molar-refractivity contribution in [2.24, 2.45) is 0 Å². The minimum Gasteiger partial charge on any atom is -0.872 e. The van der Waals surface area contributed by atoms with Crippen LogP contribution in [-0.4, -0.2) is 17.0 Å². The number of benzene rings is 2. The number of carboxylic acids is 1. The van der Waals surface area contributed by atoms with Crippen molar-refractivity contribution in [1.82, 2.24) is 5.32 Å². The summed E-state index contributed by atoms with van der Waals surface area (Å²) in [5.41, 5.74) is 1.67. The van der Waals surface area contributed by atoms with Crippen molar-refractivity contribution in [2.75, 3.05) is 0 Å². The molecule has 0 aliphatic rings. The molecule has 2 rings (SSSR count). The summed E-state index contributed by atoms with van der Waals surface area (Å²) in [4.78, 5) is 23.7. The molecule has 2 aromatic rings. The molecule has 0 radical (unpaired) electrons. The molecule has 0 aliphatic heterocycles. The van der Waals surface area contributed by atoms with Crippen molar-refractivity contribution in [2.45, 2.75) is 26.2 Å². The second-order valence-electron chi connectivity index (χ2n) is 6.71. The summed E-state index contributed by atoms with van der Waals surface area (Å²) >= 11 is 0. The SMILES string of the molecule is CC(C)(C)c1ccc(C(=O)N/C(=C/c2ccc([O-])cc2)C(=O)O)cc1. The maximum absolute atomic E-state index is 12.3. The topological polar surface area (TPSA) is 89.5 Å². The molecule has 25 heavy (non-hydrogen) atoms. The Labute approximate surface area is 146 Å². The summed E-state index contributed by atoms with van der Waals surface area (Å²) in [6.45, 7) is 6.21. The van der Waals surface area contributed by atoms with Crippen LogP contribution in [-0.2, 0) is 10.2 Å². The Kier molecular flexibility index (Phi) is 5.27. The molecule has 130 valence electrons. The Hall–Kier alpha value is -3.08. The highest BCUT2D eigenvalue weighted by molar-refractivity contribution is 6.02. The van der Waals surface area contributed by atoms with Crippen LogP contribution >= 0.6 is 0 Å². The zero-order chi connectivity index (χ0) is 18.6. The standard InChI is InChI=1S/C20H21NO4/c1-20(2,3)15-8-6-14(7-9-15)18(23)21-17(19(24)25)12-13-4-10-16(22)11-5-13/h4-12,22H,1-3H3,(H,21,23)(H,24,25)/p-1/b17-12+. The van der Waals surface area contributed by atoms with E-state index in [0.717, 1.165) is 5.56 Å². The van der Waals surface area contributed by atoms with Gasteiger partial charge in [0.05, 0.1) is 0 Å². The molecule has 1 amide bonds. The van der Waals surface area contributed by atoms with Crippen molar-refractivity contribution < 1.29 is 19.8 Å². The third kappa shape index (κ3) is 4.94. The van der Waals surface area contributed by atoms with Crippen molar-refractivity contribution in [3.05, 3.63) is 70.9 Å². The van der Waals surface area contributed by atoms with Gasteiger partial charge in [0, 0.05) is 5.56 Å². The molecule has 2 aromatic carbocycles. The van der Waals surface area contributed by atoms with Gasteiger partial charge in [0.1, 0.15) is 5.70 Å². The highest BCUT2D eigenvalue weighted by Crippen LogP contribution is 2.22. The molecule has 0 heterocycles. The molecule has 0 aromatic heterocycles. The summed E-state index contributed by atoms with van der Waals surface area (Å²) in [5, 5.41) is 22.8. The summed E-state index contributed by atoms with van der Waals surface area (Å²) in [7, 11) is 0. The fourth-order valence-corrected chi connectivity index (χ4v) is 2.20. The number of amides is 1. The lowest BCUT2D eigenvalue weighted by molar-refractivity contribution is -0.268. The fraction of sp³-hybridized carbons (Fsp3) is 0.200. The van der Waals surface area contributed by atoms with E-state index in [1.807, 2.05) is 12.1 Å². The molecule has 0 aliphatic carbocycles. The largest absolute Gasteiger partial charge is 0.872 e. The minimum atomic E-state index is -1.26. The van der Waals surface area contributed by atoms with Gasteiger partial charge in [-0.1, -0.05) is 57.2 Å². The van der Waals surface area contributed by atoms with Crippen LogP contribution in [0.2, 0.25) is 0 Å². The predicted octanol–water partition coefficient (Wildman–Crippen LogP) is 2.91. The van der Waals surface area contributed by atoms with Gasteiger partial charge >= 0.3 is 5.97 Å². The smallest absolute Gasteiger partial charge is 0.352 e. The first-order valence-electron chi connectivity index (χ1n) is 7.81. The molecular formula is C20H20NO4-. The summed E-state index contributed by atoms with van der Waals surface area (Å²) in [6.07, 6.45) is 1.31. The van der Waals surface area contributed by atoms with Crippen molar-refractivity contribution >= 4 is 18.0 Å². The number of carboxylic acid groups (broad SMARTS) is 1. The van der Waals surface area contributed by atoms with Gasteiger partial charge in [-0.25, -0.2) is 4.79 Å². The maximum atomic E-state index is 12.3. The molecular weight excluding hydrogens is 318 g/mol. The van der Waals surface area contributed by atoms with Crippen LogP contribution in [0.1, 0.15) is 42.3 Å². The number of aliphatic carboxylic acids is 1. The molecule has 0 unspecified atom stereocenters. The van der Waals surface area contributed by atoms with Crippen LogP contribution in [0, 0.1) is 0 Å². The van der Waals surface area contributed by atoms with Gasteiger partial charge < -0.3 is 15.5 Å². The van der Waals surface area contributed by atoms with Crippen LogP contribution < -0.4 is 10.4 Å². The van der Waals surface area contributed by atoms with Crippen LogP contribution in [0.3, 0.4) is 0 Å². The first kappa shape index (κ1) is 18.3. The van der Waals surface area contributed by atoms with Crippen molar-refractivity contribution in [1.29, 1.82) is 0 Å². The Morgan fingerprint density at radius 1 is 1.00 bits per heavy atom. The van der Waals surface area contributed by atoms with E-state index < -0.39 is 11.9 Å². The second kappa shape index (κ2) is 7.21. The van der Waals surface area contributed by atoms with Gasteiger partial charge in [-0.05, 0) is 34.8 Å². The molecule has 0 bridgehead atoms. The molecule has 5 heteroatoms. The molecule has 5 nitrogen and oxygen atoms in total. The molecule has 0 fully saturated rings. The van der Waals surface area contributed by atoms with E-state index in [9.17, 15) is 19.8 Å². The summed E-state index contributed by atoms with van der Waals surface area (Å²) in [6, 6.07) is 12.7. The van der Waals surface area contributed by atoms with Gasteiger partial charge in [-0.3, -0.25) is 4.79 Å². The van der Waals surface area contributed by atoms with E-state index in [2.05, 4.69) is 26.1 Å². The van der Waals surface area contributed by atoms with E-state index in [-0.39, 0.29) is 16.9 Å². The number of carbonyl (C=O) groups is 2. The number of nitrogens with one attached hydrogen (secondary N) is 1. The van der Waals surface area contributed by atoms with Crippen molar-refractivity contribution in [3.8, 4) is 5.75 Å². The van der Waals surface area contributed by atoms with Gasteiger partial charge in [0.25, 0.3) is 5.91 Å². The molecule has 0 spiro atoms. The predicted molar refractivity (Wildman–Crippen MR) is 94.1 cm³/mol. The zero-order valence-electron chi connectivity index (χ0n) is 14.4. The summed E-state index contributed by atoms with van der Waals surface area (Å²) in [5.74, 6) is -1.93. The minimum absolute atomic E-state index is 0.0329. The Bertz CT molecular complexity index is 797. The zero-order valence-corrected chi connectivity index (χ0v) is 14.4. The van der Waals surface area contributed by atoms with Crippen molar-refractivity contribution in [3.63, 3.8) is 0 Å². The number of hydrogen-bond donors (Lipinski definition) is 2. The number of carbonyl (C=O) groups excluding carboxylic acids is 1. The van der Waals surface area contributed by atoms with Gasteiger partial charge in [-0.2, -0.15) is 0 Å². The monoisotopic (exact) mass is 338 g/mol. The Morgan fingerprint density at radius 2 is 1.56 bits per heavy atom. The third-order valence-corrected chi connectivity index (χ3v) is 3.68. The lowest BCUT2D eigenvalue weighted by Gasteiger charge is -2.19. The van der Waals surface area contributed by atoms with E-state index in [1.54, 1.807) is 12.1 Å².